The number of halogens is 1. The predicted octanol–water partition coefficient (Wildman–Crippen LogP) is 4.04. The molecule has 1 heterocycles. The normalized spacial score (nSPS) is 21.0. The molecule has 1 aromatic rings. The summed E-state index contributed by atoms with van der Waals surface area (Å²) < 4.78 is 25.8. The minimum Gasteiger partial charge on any atom is -0.493 e. The van der Waals surface area contributed by atoms with Gasteiger partial charge in [0.05, 0.1) is 12.2 Å². The predicted molar refractivity (Wildman–Crippen MR) is 94.6 cm³/mol. The van der Waals surface area contributed by atoms with Crippen molar-refractivity contribution >= 4 is 5.97 Å². The van der Waals surface area contributed by atoms with Gasteiger partial charge in [-0.15, -0.1) is 0 Å². The lowest BCUT2D eigenvalue weighted by Crippen LogP contribution is -2.33. The molecule has 0 unspecified atom stereocenters. The second kappa shape index (κ2) is 7.32. The zero-order valence-electron chi connectivity index (χ0n) is 15.4. The lowest BCUT2D eigenvalue weighted by atomic mass is 10.0. The van der Waals surface area contributed by atoms with Crippen molar-refractivity contribution in [2.45, 2.75) is 58.0 Å². The third-order valence-electron chi connectivity index (χ3n) is 4.61. The third-order valence-corrected chi connectivity index (χ3v) is 4.61. The van der Waals surface area contributed by atoms with Crippen LogP contribution in [0, 0.1) is 11.7 Å². The van der Waals surface area contributed by atoms with Crippen LogP contribution in [0.15, 0.2) is 12.1 Å². The minimum atomic E-state index is -0.646. The van der Waals surface area contributed by atoms with Gasteiger partial charge in [-0.05, 0) is 70.5 Å². The number of hydrogen-bond donors (Lipinski definition) is 1. The zero-order chi connectivity index (χ0) is 18.0. The molecule has 1 aromatic carbocycles. The van der Waals surface area contributed by atoms with Crippen molar-refractivity contribution in [3.05, 3.63) is 29.1 Å². The first-order chi connectivity index (χ1) is 11.8. The lowest BCUT2D eigenvalue weighted by Gasteiger charge is -2.24. The fourth-order valence-corrected chi connectivity index (χ4v) is 3.17. The van der Waals surface area contributed by atoms with E-state index in [1.807, 2.05) is 0 Å². The number of hydrogen-bond acceptors (Lipinski definition) is 4. The van der Waals surface area contributed by atoms with Crippen LogP contribution in [0.5, 0.6) is 5.75 Å². The van der Waals surface area contributed by atoms with Crippen LogP contribution in [0.1, 0.15) is 68.3 Å². The summed E-state index contributed by atoms with van der Waals surface area (Å²) in [5.74, 6) is 0.207. The number of piperidine rings is 1. The number of nitrogens with one attached hydrogen (secondary N) is 1. The lowest BCUT2D eigenvalue weighted by molar-refractivity contribution is 0.00645. The summed E-state index contributed by atoms with van der Waals surface area (Å²) in [6, 6.07) is 3.00. The van der Waals surface area contributed by atoms with Gasteiger partial charge in [0.25, 0.3) is 0 Å². The Kier molecular flexibility index (Phi) is 5.32. The number of carbonyl (C=O) groups is 1. The topological polar surface area (TPSA) is 47.6 Å². The van der Waals surface area contributed by atoms with Gasteiger partial charge < -0.3 is 14.8 Å². The number of ether oxygens (including phenoxy) is 2. The van der Waals surface area contributed by atoms with Crippen LogP contribution in [0.2, 0.25) is 0 Å². The van der Waals surface area contributed by atoms with E-state index in [4.69, 9.17) is 9.47 Å². The molecule has 1 atom stereocenters. The molecule has 1 saturated carbocycles. The molecule has 0 aromatic heterocycles. The number of esters is 1. The first-order valence-electron chi connectivity index (χ1n) is 9.24. The standard InChI is InChI=1S/C20H28FNO3/c1-20(2,3)25-19(23)16-9-15(14-6-7-14)18(10-17(16)21)24-12-13-5-4-8-22-11-13/h9-10,13-14,22H,4-8,11-12H2,1-3H3/t13-/m0/s1. The number of rotatable bonds is 5. The van der Waals surface area contributed by atoms with Gasteiger partial charge in [0, 0.05) is 18.5 Å². The molecule has 25 heavy (non-hydrogen) atoms. The molecule has 0 amide bonds. The van der Waals surface area contributed by atoms with Gasteiger partial charge in [-0.3, -0.25) is 0 Å². The number of carbonyl (C=O) groups excluding carboxylic acids is 1. The van der Waals surface area contributed by atoms with E-state index in [1.165, 1.54) is 6.07 Å². The molecule has 1 aliphatic carbocycles. The molecular formula is C20H28FNO3. The smallest absolute Gasteiger partial charge is 0.341 e. The summed E-state index contributed by atoms with van der Waals surface area (Å²) >= 11 is 0. The Morgan fingerprint density at radius 2 is 2.04 bits per heavy atom. The van der Waals surface area contributed by atoms with Crippen molar-refractivity contribution in [1.29, 1.82) is 0 Å². The van der Waals surface area contributed by atoms with Crippen LogP contribution in [0.25, 0.3) is 0 Å². The van der Waals surface area contributed by atoms with Crippen molar-refractivity contribution in [3.63, 3.8) is 0 Å². The first-order valence-corrected chi connectivity index (χ1v) is 9.24. The third kappa shape index (κ3) is 4.94. The van der Waals surface area contributed by atoms with Crippen LogP contribution < -0.4 is 10.1 Å². The van der Waals surface area contributed by atoms with E-state index in [0.29, 0.717) is 24.2 Å². The van der Waals surface area contributed by atoms with Gasteiger partial charge in [0.2, 0.25) is 0 Å². The summed E-state index contributed by atoms with van der Waals surface area (Å²) in [4.78, 5) is 12.3. The highest BCUT2D eigenvalue weighted by molar-refractivity contribution is 5.90. The van der Waals surface area contributed by atoms with Gasteiger partial charge in [0.15, 0.2) is 0 Å². The van der Waals surface area contributed by atoms with E-state index in [1.54, 1.807) is 26.8 Å². The molecular weight excluding hydrogens is 321 g/mol. The van der Waals surface area contributed by atoms with Crippen LogP contribution in [0.3, 0.4) is 0 Å². The Balaban J connectivity index is 1.77. The van der Waals surface area contributed by atoms with Crippen LogP contribution >= 0.6 is 0 Å². The highest BCUT2D eigenvalue weighted by atomic mass is 19.1. The molecule has 5 heteroatoms. The maximum Gasteiger partial charge on any atom is 0.341 e. The van der Waals surface area contributed by atoms with E-state index in [-0.39, 0.29) is 5.56 Å². The maximum atomic E-state index is 14.5. The van der Waals surface area contributed by atoms with E-state index in [9.17, 15) is 9.18 Å². The Morgan fingerprint density at radius 3 is 2.64 bits per heavy atom. The molecule has 0 bridgehead atoms. The molecule has 4 nitrogen and oxygen atoms in total. The van der Waals surface area contributed by atoms with E-state index in [2.05, 4.69) is 5.32 Å². The van der Waals surface area contributed by atoms with Gasteiger partial charge in [-0.1, -0.05) is 0 Å². The molecule has 3 rings (SSSR count). The fraction of sp³-hybridized carbons (Fsp3) is 0.650. The SMILES string of the molecule is CC(C)(C)OC(=O)c1cc(C2CC2)c(OC[C@H]2CCCNC2)cc1F. The summed E-state index contributed by atoms with van der Waals surface area (Å²) in [5, 5.41) is 3.36. The largest absolute Gasteiger partial charge is 0.493 e. The van der Waals surface area contributed by atoms with Gasteiger partial charge >= 0.3 is 5.97 Å². The average molecular weight is 349 g/mol. The van der Waals surface area contributed by atoms with Crippen molar-refractivity contribution in [1.82, 2.24) is 5.32 Å². The zero-order valence-corrected chi connectivity index (χ0v) is 15.4. The molecule has 2 fully saturated rings. The second-order valence-corrected chi connectivity index (χ2v) is 8.17. The van der Waals surface area contributed by atoms with Crippen LogP contribution in [-0.2, 0) is 4.74 Å². The molecule has 0 radical (unpaired) electrons. The van der Waals surface area contributed by atoms with Crippen LogP contribution in [0.4, 0.5) is 4.39 Å². The van der Waals surface area contributed by atoms with E-state index >= 15 is 0 Å². The van der Waals surface area contributed by atoms with Gasteiger partial charge in [0.1, 0.15) is 17.2 Å². The van der Waals surface area contributed by atoms with Gasteiger partial charge in [-0.25, -0.2) is 9.18 Å². The molecule has 1 saturated heterocycles. The molecule has 2 aliphatic rings. The van der Waals surface area contributed by atoms with E-state index in [0.717, 1.165) is 44.3 Å². The molecule has 1 aliphatic heterocycles. The summed E-state index contributed by atoms with van der Waals surface area (Å²) in [5.41, 5.74) is 0.293. The molecule has 138 valence electrons. The Labute approximate surface area is 149 Å². The van der Waals surface area contributed by atoms with E-state index < -0.39 is 17.4 Å². The van der Waals surface area contributed by atoms with Crippen molar-refractivity contribution in [3.8, 4) is 5.75 Å². The minimum absolute atomic E-state index is 0.00325. The highest BCUT2D eigenvalue weighted by Gasteiger charge is 2.31. The second-order valence-electron chi connectivity index (χ2n) is 8.17. The van der Waals surface area contributed by atoms with Crippen LogP contribution in [-0.4, -0.2) is 31.3 Å². The number of benzene rings is 1. The summed E-state index contributed by atoms with van der Waals surface area (Å²) in [6.07, 6.45) is 4.39. The Hall–Kier alpha value is -1.62. The van der Waals surface area contributed by atoms with Gasteiger partial charge in [-0.2, -0.15) is 0 Å². The quantitative estimate of drug-likeness (QED) is 0.815. The van der Waals surface area contributed by atoms with Crippen molar-refractivity contribution < 1.29 is 18.7 Å². The van der Waals surface area contributed by atoms with Crippen molar-refractivity contribution in [2.75, 3.05) is 19.7 Å². The monoisotopic (exact) mass is 349 g/mol. The fourth-order valence-electron chi connectivity index (χ4n) is 3.17. The maximum absolute atomic E-state index is 14.5. The average Bonchev–Trinajstić information content (AvgIpc) is 3.37. The summed E-state index contributed by atoms with van der Waals surface area (Å²) in [6.45, 7) is 7.92. The summed E-state index contributed by atoms with van der Waals surface area (Å²) in [7, 11) is 0. The highest BCUT2D eigenvalue weighted by Crippen LogP contribution is 2.45. The first kappa shape index (κ1) is 18.2. The molecule has 1 N–H and O–H groups in total. The Bertz CT molecular complexity index is 629. The Morgan fingerprint density at radius 1 is 1.28 bits per heavy atom. The van der Waals surface area contributed by atoms with Crippen molar-refractivity contribution in [2.24, 2.45) is 5.92 Å². The molecule has 0 spiro atoms.